The van der Waals surface area contributed by atoms with Crippen LogP contribution in [0.1, 0.15) is 20.8 Å². The summed E-state index contributed by atoms with van der Waals surface area (Å²) in [5.74, 6) is 0.768. The van der Waals surface area contributed by atoms with Crippen LogP contribution in [-0.4, -0.2) is 21.9 Å². The maximum Gasteiger partial charge on any atom is 0.293 e. The third kappa shape index (κ3) is 3.11. The van der Waals surface area contributed by atoms with Gasteiger partial charge >= 0.3 is 0 Å². The van der Waals surface area contributed by atoms with E-state index in [1.165, 1.54) is 0 Å². The zero-order chi connectivity index (χ0) is 14.9. The van der Waals surface area contributed by atoms with Crippen LogP contribution in [-0.2, 0) is 9.53 Å². The molecule has 2 heterocycles. The van der Waals surface area contributed by atoms with Crippen LogP contribution in [0, 0.1) is 0 Å². The molecule has 0 radical (unpaired) electrons. The Bertz CT molecular complexity index is 627. The summed E-state index contributed by atoms with van der Waals surface area (Å²) in [5.41, 5.74) is 8.37. The third-order valence-electron chi connectivity index (χ3n) is 2.58. The standard InChI is InChI=1S/C9H6ClN3.C5H10O2/c10-6-3-1-5(2-4-6)7-8-9(11)13(8)12-7;1-5(2,3)7-4-6/h1-4H,11H2;4H,1-3H3. The number of benzene rings is 1. The van der Waals surface area contributed by atoms with Crippen LogP contribution in [0.15, 0.2) is 24.3 Å². The van der Waals surface area contributed by atoms with E-state index in [2.05, 4.69) is 9.84 Å². The Kier molecular flexibility index (Phi) is 3.72. The van der Waals surface area contributed by atoms with Crippen LogP contribution in [0.5, 0.6) is 0 Å². The Labute approximate surface area is 122 Å². The summed E-state index contributed by atoms with van der Waals surface area (Å²) >= 11 is 5.77. The van der Waals surface area contributed by atoms with Crippen molar-refractivity contribution in [3.8, 4) is 16.9 Å². The van der Waals surface area contributed by atoms with E-state index >= 15 is 0 Å². The number of aromatic nitrogens is 2. The van der Waals surface area contributed by atoms with Gasteiger partial charge in [-0.2, -0.15) is 5.10 Å². The molecule has 0 spiro atoms. The SMILES string of the molecule is CC(C)(C)OC=O.Nc1c2c(-c3ccc(Cl)cc3)nn1-2. The molecule has 0 atom stereocenters. The monoisotopic (exact) mass is 293 g/mol. The molecule has 0 amide bonds. The van der Waals surface area contributed by atoms with Crippen LogP contribution >= 0.6 is 11.6 Å². The van der Waals surface area contributed by atoms with Gasteiger partial charge in [0.1, 0.15) is 17.0 Å². The van der Waals surface area contributed by atoms with Crippen molar-refractivity contribution in [2.24, 2.45) is 0 Å². The second-order valence-electron chi connectivity index (χ2n) is 5.33. The molecule has 2 aliphatic heterocycles. The maximum absolute atomic E-state index is 9.60. The summed E-state index contributed by atoms with van der Waals surface area (Å²) in [6.45, 7) is 5.92. The lowest BCUT2D eigenvalue weighted by atomic mass is 10.1. The quantitative estimate of drug-likeness (QED) is 0.737. The Morgan fingerprint density at radius 1 is 1.30 bits per heavy atom. The molecule has 3 rings (SSSR count). The first-order valence-corrected chi connectivity index (χ1v) is 6.47. The molecule has 6 heteroatoms. The molecule has 1 aromatic rings. The van der Waals surface area contributed by atoms with E-state index in [-0.39, 0.29) is 5.60 Å². The van der Waals surface area contributed by atoms with Gasteiger partial charge in [-0.3, -0.25) is 4.79 Å². The fourth-order valence-corrected chi connectivity index (χ4v) is 1.67. The Morgan fingerprint density at radius 3 is 2.20 bits per heavy atom. The summed E-state index contributed by atoms with van der Waals surface area (Å²) < 4.78 is 6.27. The summed E-state index contributed by atoms with van der Waals surface area (Å²) in [7, 11) is 0. The van der Waals surface area contributed by atoms with Gasteiger partial charge in [-0.05, 0) is 32.9 Å². The molecule has 0 unspecified atom stereocenters. The lowest BCUT2D eigenvalue weighted by molar-refractivity contribution is -0.138. The van der Waals surface area contributed by atoms with E-state index < -0.39 is 0 Å². The number of ether oxygens (including phenoxy) is 1. The molecular weight excluding hydrogens is 278 g/mol. The first kappa shape index (κ1) is 14.4. The summed E-state index contributed by atoms with van der Waals surface area (Å²) in [6, 6.07) is 7.58. The first-order valence-electron chi connectivity index (χ1n) is 6.10. The minimum absolute atomic E-state index is 0.318. The molecule has 0 saturated carbocycles. The summed E-state index contributed by atoms with van der Waals surface area (Å²) in [5, 5.41) is 4.92. The minimum atomic E-state index is -0.318. The Morgan fingerprint density at radius 2 is 1.90 bits per heavy atom. The number of nitrogens with zero attached hydrogens (tertiary/aromatic N) is 2. The highest BCUT2D eigenvalue weighted by Crippen LogP contribution is 2.43. The molecule has 1 aromatic carbocycles. The van der Waals surface area contributed by atoms with Gasteiger partial charge in [0, 0.05) is 10.6 Å². The molecule has 2 N–H and O–H groups in total. The van der Waals surface area contributed by atoms with Gasteiger partial charge < -0.3 is 10.5 Å². The fraction of sp³-hybridized carbons (Fsp3) is 0.286. The smallest absolute Gasteiger partial charge is 0.293 e. The van der Waals surface area contributed by atoms with E-state index in [0.29, 0.717) is 6.47 Å². The molecule has 0 saturated heterocycles. The first-order chi connectivity index (χ1) is 9.33. The average Bonchev–Trinajstić information content (AvgIpc) is 2.81. The zero-order valence-corrected chi connectivity index (χ0v) is 12.3. The number of nitrogens with two attached hydrogens (primary N) is 1. The van der Waals surface area contributed by atoms with Gasteiger partial charge in [0.25, 0.3) is 6.47 Å². The number of carbonyl (C=O) groups excluding carboxylic acids is 1. The highest BCUT2D eigenvalue weighted by molar-refractivity contribution is 6.30. The predicted octanol–water partition coefficient (Wildman–Crippen LogP) is 3.05. The summed E-state index contributed by atoms with van der Waals surface area (Å²) in [6.07, 6.45) is 0. The van der Waals surface area contributed by atoms with Gasteiger partial charge in [-0.1, -0.05) is 23.7 Å². The predicted molar refractivity (Wildman–Crippen MR) is 78.9 cm³/mol. The van der Waals surface area contributed by atoms with Crippen LogP contribution in [0.3, 0.4) is 0 Å². The number of rotatable bonds is 2. The zero-order valence-electron chi connectivity index (χ0n) is 11.6. The van der Waals surface area contributed by atoms with Crippen molar-refractivity contribution in [3.63, 3.8) is 0 Å². The third-order valence-corrected chi connectivity index (χ3v) is 2.83. The highest BCUT2D eigenvalue weighted by Gasteiger charge is 2.32. The van der Waals surface area contributed by atoms with Gasteiger partial charge in [0.15, 0.2) is 5.82 Å². The average molecular weight is 294 g/mol. The molecule has 0 aliphatic carbocycles. The van der Waals surface area contributed by atoms with E-state index in [1.807, 2.05) is 45.0 Å². The van der Waals surface area contributed by atoms with E-state index in [1.54, 1.807) is 4.68 Å². The molecule has 2 aliphatic rings. The van der Waals surface area contributed by atoms with Crippen LogP contribution in [0.25, 0.3) is 16.9 Å². The number of anilines is 1. The number of hydrogen-bond acceptors (Lipinski definition) is 4. The van der Waals surface area contributed by atoms with Crippen molar-refractivity contribution in [2.45, 2.75) is 26.4 Å². The molecule has 106 valence electrons. The van der Waals surface area contributed by atoms with Gasteiger partial charge in [-0.15, -0.1) is 0 Å². The van der Waals surface area contributed by atoms with Crippen molar-refractivity contribution in [3.05, 3.63) is 29.3 Å². The number of carbonyl (C=O) groups is 1. The largest absolute Gasteiger partial charge is 0.462 e. The topological polar surface area (TPSA) is 70.1 Å². The number of halogens is 1. The van der Waals surface area contributed by atoms with Crippen molar-refractivity contribution >= 4 is 23.9 Å². The molecule has 20 heavy (non-hydrogen) atoms. The van der Waals surface area contributed by atoms with Gasteiger partial charge in [0.2, 0.25) is 0 Å². The second kappa shape index (κ2) is 5.17. The lowest BCUT2D eigenvalue weighted by Gasteiger charge is -2.14. The van der Waals surface area contributed by atoms with Crippen molar-refractivity contribution in [2.75, 3.05) is 5.73 Å². The van der Waals surface area contributed by atoms with Crippen LogP contribution in [0.2, 0.25) is 5.02 Å². The molecule has 0 fully saturated rings. The molecule has 0 bridgehead atoms. The second-order valence-corrected chi connectivity index (χ2v) is 5.76. The van der Waals surface area contributed by atoms with Crippen molar-refractivity contribution in [1.29, 1.82) is 0 Å². The van der Waals surface area contributed by atoms with Crippen molar-refractivity contribution in [1.82, 2.24) is 9.78 Å². The van der Waals surface area contributed by atoms with E-state index in [4.69, 9.17) is 17.3 Å². The molecule has 0 aromatic heterocycles. The van der Waals surface area contributed by atoms with Gasteiger partial charge in [0.05, 0.1) is 0 Å². The molecule has 5 nitrogen and oxygen atoms in total. The maximum atomic E-state index is 9.60. The Balaban J connectivity index is 0.000000182. The molecular formula is C14H16ClN3O2. The highest BCUT2D eigenvalue weighted by atomic mass is 35.5. The minimum Gasteiger partial charge on any atom is -0.462 e. The number of fused-ring (bicyclic) bond motifs is 1. The van der Waals surface area contributed by atoms with Crippen molar-refractivity contribution < 1.29 is 9.53 Å². The number of hydrogen-bond donors (Lipinski definition) is 1. The summed E-state index contributed by atoms with van der Waals surface area (Å²) in [4.78, 5) is 9.60. The van der Waals surface area contributed by atoms with Crippen LogP contribution in [0.4, 0.5) is 5.82 Å². The van der Waals surface area contributed by atoms with E-state index in [9.17, 15) is 4.79 Å². The lowest BCUT2D eigenvalue weighted by Crippen LogP contribution is -2.17. The normalized spacial score (nSPS) is 11.4. The van der Waals surface area contributed by atoms with E-state index in [0.717, 1.165) is 27.8 Å². The fourth-order valence-electron chi connectivity index (χ4n) is 1.54. The van der Waals surface area contributed by atoms with Gasteiger partial charge in [-0.25, -0.2) is 4.68 Å². The Hall–Kier alpha value is -2.01. The number of nitrogen functional groups attached to an aromatic ring is 1. The van der Waals surface area contributed by atoms with Crippen LogP contribution < -0.4 is 5.73 Å².